The van der Waals surface area contributed by atoms with Gasteiger partial charge in [0.05, 0.1) is 35.9 Å². The van der Waals surface area contributed by atoms with Gasteiger partial charge in [-0.1, -0.05) is 23.9 Å². The quantitative estimate of drug-likeness (QED) is 0.525. The van der Waals surface area contributed by atoms with Gasteiger partial charge in [0.1, 0.15) is 0 Å². The average Bonchev–Trinajstić information content (AvgIpc) is 3.24. The summed E-state index contributed by atoms with van der Waals surface area (Å²) in [6, 6.07) is 7.42. The van der Waals surface area contributed by atoms with Crippen molar-refractivity contribution in [2.45, 2.75) is 39.0 Å². The Morgan fingerprint density at radius 3 is 2.47 bits per heavy atom. The molecule has 0 spiro atoms. The van der Waals surface area contributed by atoms with Crippen molar-refractivity contribution in [3.8, 4) is 0 Å². The molecule has 1 amide bonds. The van der Waals surface area contributed by atoms with Crippen LogP contribution >= 0.6 is 11.8 Å². The van der Waals surface area contributed by atoms with Crippen molar-refractivity contribution in [3.63, 3.8) is 0 Å². The maximum Gasteiger partial charge on any atom is 0.416 e. The topological polar surface area (TPSA) is 83.9 Å². The van der Waals surface area contributed by atoms with Gasteiger partial charge in [0.25, 0.3) is 0 Å². The molecule has 0 aliphatic carbocycles. The van der Waals surface area contributed by atoms with Gasteiger partial charge in [0.2, 0.25) is 5.91 Å². The first-order chi connectivity index (χ1) is 17.2. The van der Waals surface area contributed by atoms with E-state index in [4.69, 9.17) is 4.74 Å². The molecular weight excluding hydrogens is 493 g/mol. The van der Waals surface area contributed by atoms with Crippen LogP contribution in [-0.4, -0.2) is 33.5 Å². The molecule has 0 fully saturated rings. The number of amides is 1. The van der Waals surface area contributed by atoms with E-state index in [2.05, 4.69) is 15.3 Å². The molecule has 0 saturated carbocycles. The number of allylic oxidation sites excluding steroid dienone is 1. The summed E-state index contributed by atoms with van der Waals surface area (Å²) in [6.45, 7) is 3.77. The van der Waals surface area contributed by atoms with Crippen LogP contribution in [-0.2, 0) is 27.0 Å². The van der Waals surface area contributed by atoms with Crippen molar-refractivity contribution in [2.75, 3.05) is 6.61 Å². The number of pyridine rings is 1. The van der Waals surface area contributed by atoms with Gasteiger partial charge in [-0.2, -0.15) is 13.2 Å². The van der Waals surface area contributed by atoms with Crippen LogP contribution < -0.4 is 5.32 Å². The predicted molar refractivity (Wildman–Crippen MR) is 129 cm³/mol. The van der Waals surface area contributed by atoms with Crippen molar-refractivity contribution in [2.24, 2.45) is 4.99 Å². The molecule has 1 aromatic carbocycles. The van der Waals surface area contributed by atoms with Gasteiger partial charge in [-0.25, -0.2) is 9.79 Å². The molecule has 3 heterocycles. The molecular formula is C25H23F3N4O3S. The fourth-order valence-electron chi connectivity index (χ4n) is 3.94. The van der Waals surface area contributed by atoms with Crippen LogP contribution in [0.3, 0.4) is 0 Å². The number of nitrogens with zero attached hydrogens (tertiary/aromatic N) is 3. The third-order valence-electron chi connectivity index (χ3n) is 5.63. The molecule has 1 N–H and O–H groups in total. The number of rotatable bonds is 7. The van der Waals surface area contributed by atoms with E-state index in [0.29, 0.717) is 28.7 Å². The van der Waals surface area contributed by atoms with E-state index in [1.807, 2.05) is 0 Å². The van der Waals surface area contributed by atoms with Crippen LogP contribution in [0.4, 0.5) is 13.2 Å². The van der Waals surface area contributed by atoms with Crippen LogP contribution in [0, 0.1) is 0 Å². The molecule has 1 aromatic heterocycles. The minimum absolute atomic E-state index is 0.0105. The SMILES string of the molecule is CCOC(=O)C1=C(C)N=C2SC=C(CC(=O)NCc3ccncc3)N2[C@@H]1c1ccc(C(F)(F)F)cc1. The van der Waals surface area contributed by atoms with Gasteiger partial charge in [0.15, 0.2) is 5.17 Å². The summed E-state index contributed by atoms with van der Waals surface area (Å²) in [5.74, 6) is -0.865. The molecule has 2 aliphatic rings. The molecule has 7 nitrogen and oxygen atoms in total. The Hall–Kier alpha value is -3.60. The molecule has 0 saturated heterocycles. The minimum atomic E-state index is -4.49. The van der Waals surface area contributed by atoms with Gasteiger partial charge < -0.3 is 15.0 Å². The largest absolute Gasteiger partial charge is 0.463 e. The Kier molecular flexibility index (Phi) is 7.48. The number of hydrogen-bond donors (Lipinski definition) is 1. The Balaban J connectivity index is 1.63. The first kappa shape index (κ1) is 25.5. The summed E-state index contributed by atoms with van der Waals surface area (Å²) in [5.41, 5.74) is 1.74. The van der Waals surface area contributed by atoms with Crippen LogP contribution in [0.2, 0.25) is 0 Å². The zero-order valence-corrected chi connectivity index (χ0v) is 20.3. The molecule has 4 rings (SSSR count). The highest BCUT2D eigenvalue weighted by Gasteiger charge is 2.41. The first-order valence-corrected chi connectivity index (χ1v) is 12.0. The van der Waals surface area contributed by atoms with Gasteiger partial charge in [-0.15, -0.1) is 0 Å². The summed E-state index contributed by atoms with van der Waals surface area (Å²) in [7, 11) is 0. The number of benzene rings is 1. The zero-order chi connectivity index (χ0) is 25.9. The number of amidine groups is 1. The maximum atomic E-state index is 13.2. The number of nitrogens with one attached hydrogen (secondary N) is 1. The van der Waals surface area contributed by atoms with Crippen LogP contribution in [0.25, 0.3) is 0 Å². The highest BCUT2D eigenvalue weighted by Crippen LogP contribution is 2.45. The standard InChI is InChI=1S/C25H23F3N4O3S/c1-3-35-23(34)21-15(2)31-24-32(22(21)17-4-6-18(7-5-17)25(26,27)28)19(14-36-24)12-20(33)30-13-16-8-10-29-11-9-16/h4-11,14,22H,3,12-13H2,1-2H3,(H,30,33)/t22-/m1/s1. The second-order valence-corrected chi connectivity index (χ2v) is 8.88. The molecule has 2 aromatic rings. The number of thioether (sulfide) groups is 1. The van der Waals surface area contributed by atoms with Crippen LogP contribution in [0.5, 0.6) is 0 Å². The van der Waals surface area contributed by atoms with Gasteiger partial charge in [-0.3, -0.25) is 9.78 Å². The molecule has 2 aliphatic heterocycles. The molecule has 11 heteroatoms. The third-order valence-corrected chi connectivity index (χ3v) is 6.52. The first-order valence-electron chi connectivity index (χ1n) is 11.1. The number of aliphatic imine (C=N–C) groups is 1. The lowest BCUT2D eigenvalue weighted by Gasteiger charge is -2.36. The fourth-order valence-corrected chi connectivity index (χ4v) is 4.90. The second kappa shape index (κ2) is 10.6. The highest BCUT2D eigenvalue weighted by molar-refractivity contribution is 8.16. The Bertz CT molecular complexity index is 1240. The van der Waals surface area contributed by atoms with Gasteiger partial charge in [0, 0.05) is 24.6 Å². The molecule has 0 radical (unpaired) electrons. The third kappa shape index (κ3) is 5.46. The van der Waals surface area contributed by atoms with E-state index in [-0.39, 0.29) is 24.5 Å². The summed E-state index contributed by atoms with van der Waals surface area (Å²) in [5, 5.41) is 5.15. The van der Waals surface area contributed by atoms with E-state index in [1.165, 1.54) is 23.9 Å². The maximum absolute atomic E-state index is 13.2. The second-order valence-electron chi connectivity index (χ2n) is 8.04. The summed E-state index contributed by atoms with van der Waals surface area (Å²) >= 11 is 1.29. The zero-order valence-electron chi connectivity index (χ0n) is 19.5. The van der Waals surface area contributed by atoms with E-state index < -0.39 is 23.8 Å². The van der Waals surface area contributed by atoms with E-state index in [1.54, 1.807) is 48.7 Å². The van der Waals surface area contributed by atoms with Crippen molar-refractivity contribution in [1.82, 2.24) is 15.2 Å². The van der Waals surface area contributed by atoms with Crippen LogP contribution in [0.15, 0.2) is 76.2 Å². The lowest BCUT2D eigenvalue weighted by Crippen LogP contribution is -2.38. The lowest BCUT2D eigenvalue weighted by molar-refractivity contribution is -0.139. The van der Waals surface area contributed by atoms with Crippen LogP contribution in [0.1, 0.15) is 43.0 Å². The smallest absolute Gasteiger partial charge is 0.416 e. The molecule has 36 heavy (non-hydrogen) atoms. The number of carbonyl (C=O) groups excluding carboxylic acids is 2. The Morgan fingerprint density at radius 2 is 1.83 bits per heavy atom. The molecule has 188 valence electrons. The number of alkyl halides is 3. The number of aromatic nitrogens is 1. The van der Waals surface area contributed by atoms with Crippen molar-refractivity contribution in [1.29, 1.82) is 0 Å². The number of esters is 1. The van der Waals surface area contributed by atoms with Crippen molar-refractivity contribution in [3.05, 3.63) is 87.9 Å². The molecule has 0 unspecified atom stereocenters. The normalized spacial score (nSPS) is 17.4. The summed E-state index contributed by atoms with van der Waals surface area (Å²) in [4.78, 5) is 35.9. The number of carbonyl (C=O) groups is 2. The average molecular weight is 517 g/mol. The van der Waals surface area contributed by atoms with Gasteiger partial charge >= 0.3 is 12.1 Å². The summed E-state index contributed by atoms with van der Waals surface area (Å²) < 4.78 is 44.8. The monoisotopic (exact) mass is 516 g/mol. The van der Waals surface area contributed by atoms with E-state index in [0.717, 1.165) is 17.7 Å². The molecule has 1 atom stereocenters. The fraction of sp³-hybridized carbons (Fsp3) is 0.280. The Morgan fingerprint density at radius 1 is 1.14 bits per heavy atom. The number of fused-ring (bicyclic) bond motifs is 1. The Labute approximate surface area is 210 Å². The lowest BCUT2D eigenvalue weighted by atomic mass is 9.93. The molecule has 0 bridgehead atoms. The predicted octanol–water partition coefficient (Wildman–Crippen LogP) is 4.94. The number of halogens is 3. The van der Waals surface area contributed by atoms with E-state index >= 15 is 0 Å². The van der Waals surface area contributed by atoms with E-state index in [9.17, 15) is 22.8 Å². The number of hydrogen-bond acceptors (Lipinski definition) is 7. The number of ether oxygens (including phenoxy) is 1. The minimum Gasteiger partial charge on any atom is -0.463 e. The summed E-state index contributed by atoms with van der Waals surface area (Å²) in [6.07, 6.45) is -1.24. The van der Waals surface area contributed by atoms with Crippen molar-refractivity contribution >= 4 is 28.8 Å². The van der Waals surface area contributed by atoms with Gasteiger partial charge in [-0.05, 0) is 54.6 Å². The highest BCUT2D eigenvalue weighted by atomic mass is 32.2. The van der Waals surface area contributed by atoms with Crippen molar-refractivity contribution < 1.29 is 27.5 Å².